The number of carbonyl (C=O) groups is 2. The molecular formula is C16H21NO3. The number of hydrogen-bond acceptors (Lipinski definition) is 2. The predicted octanol–water partition coefficient (Wildman–Crippen LogP) is 3.32. The summed E-state index contributed by atoms with van der Waals surface area (Å²) in [5.74, 6) is -0.925. The van der Waals surface area contributed by atoms with Crippen LogP contribution in [-0.2, 0) is 4.79 Å². The molecule has 0 radical (unpaired) electrons. The van der Waals surface area contributed by atoms with E-state index >= 15 is 0 Å². The molecule has 20 heavy (non-hydrogen) atoms. The number of aromatic carboxylic acids is 1. The number of hydrogen-bond donors (Lipinski definition) is 1. The molecule has 0 aliphatic heterocycles. The van der Waals surface area contributed by atoms with Crippen LogP contribution in [0, 0.1) is 5.92 Å². The van der Waals surface area contributed by atoms with E-state index in [9.17, 15) is 14.7 Å². The molecule has 0 aromatic heterocycles. The molecule has 2 rings (SSSR count). The molecule has 1 N–H and O–H groups in total. The largest absolute Gasteiger partial charge is 0.478 e. The second-order valence-electron chi connectivity index (χ2n) is 5.41. The Kier molecular flexibility index (Phi) is 4.77. The summed E-state index contributed by atoms with van der Waals surface area (Å²) < 4.78 is 0. The number of carboxylic acids is 1. The van der Waals surface area contributed by atoms with Gasteiger partial charge in [0.1, 0.15) is 0 Å². The van der Waals surface area contributed by atoms with Gasteiger partial charge in [-0.05, 0) is 25.0 Å². The highest BCUT2D eigenvalue weighted by Crippen LogP contribution is 2.27. The Morgan fingerprint density at radius 1 is 1.10 bits per heavy atom. The molecule has 1 aromatic rings. The molecule has 0 spiro atoms. The van der Waals surface area contributed by atoms with Crippen LogP contribution in [0.1, 0.15) is 48.9 Å². The normalized spacial score (nSPS) is 16.4. The number of para-hydroxylation sites is 1. The van der Waals surface area contributed by atoms with Gasteiger partial charge in [0.05, 0.1) is 11.3 Å². The molecule has 4 nitrogen and oxygen atoms in total. The molecule has 1 aliphatic carbocycles. The molecule has 1 saturated carbocycles. The van der Waals surface area contributed by atoms with Crippen molar-refractivity contribution in [2.24, 2.45) is 5.92 Å². The Bertz CT molecular complexity index is 490. The average molecular weight is 275 g/mol. The number of nitrogens with zero attached hydrogens (tertiary/aromatic N) is 1. The highest BCUT2D eigenvalue weighted by molar-refractivity contribution is 6.02. The van der Waals surface area contributed by atoms with E-state index in [1.54, 1.807) is 25.2 Å². The van der Waals surface area contributed by atoms with Crippen LogP contribution in [0.2, 0.25) is 0 Å². The number of rotatable bonds is 3. The zero-order valence-corrected chi connectivity index (χ0v) is 11.8. The summed E-state index contributed by atoms with van der Waals surface area (Å²) in [5.41, 5.74) is 0.659. The van der Waals surface area contributed by atoms with E-state index < -0.39 is 5.97 Å². The summed E-state index contributed by atoms with van der Waals surface area (Å²) in [5, 5.41) is 9.21. The average Bonchev–Trinajstić information content (AvgIpc) is 2.74. The maximum absolute atomic E-state index is 12.6. The van der Waals surface area contributed by atoms with E-state index in [-0.39, 0.29) is 17.4 Å². The van der Waals surface area contributed by atoms with Crippen LogP contribution in [-0.4, -0.2) is 24.0 Å². The first kappa shape index (κ1) is 14.6. The van der Waals surface area contributed by atoms with Gasteiger partial charge >= 0.3 is 5.97 Å². The fourth-order valence-electron chi connectivity index (χ4n) is 2.87. The van der Waals surface area contributed by atoms with Gasteiger partial charge in [0.25, 0.3) is 0 Å². The fourth-order valence-corrected chi connectivity index (χ4v) is 2.87. The third-order valence-corrected chi connectivity index (χ3v) is 4.03. The smallest absolute Gasteiger partial charge is 0.337 e. The molecule has 1 fully saturated rings. The predicted molar refractivity (Wildman–Crippen MR) is 78.0 cm³/mol. The standard InChI is InChI=1S/C16H21NO3/c1-17(14-11-7-6-10-13(14)16(19)20)15(18)12-8-4-2-3-5-9-12/h6-7,10-12H,2-5,8-9H2,1H3,(H,19,20). The summed E-state index contributed by atoms with van der Waals surface area (Å²) in [6, 6.07) is 6.67. The van der Waals surface area contributed by atoms with Gasteiger partial charge in [-0.25, -0.2) is 4.79 Å². The van der Waals surface area contributed by atoms with Crippen molar-refractivity contribution in [3.63, 3.8) is 0 Å². The topological polar surface area (TPSA) is 57.6 Å². The zero-order chi connectivity index (χ0) is 14.5. The van der Waals surface area contributed by atoms with Crippen LogP contribution in [0.5, 0.6) is 0 Å². The van der Waals surface area contributed by atoms with E-state index in [4.69, 9.17) is 0 Å². The Labute approximate surface area is 119 Å². The van der Waals surface area contributed by atoms with E-state index in [1.807, 2.05) is 0 Å². The third kappa shape index (κ3) is 3.18. The Morgan fingerprint density at radius 2 is 1.70 bits per heavy atom. The summed E-state index contributed by atoms with van der Waals surface area (Å²) in [6.45, 7) is 0. The van der Waals surface area contributed by atoms with Gasteiger partial charge in [-0.15, -0.1) is 0 Å². The lowest BCUT2D eigenvalue weighted by molar-refractivity contribution is -0.122. The maximum atomic E-state index is 12.6. The molecule has 0 bridgehead atoms. The van der Waals surface area contributed by atoms with Crippen molar-refractivity contribution in [1.29, 1.82) is 0 Å². The zero-order valence-electron chi connectivity index (χ0n) is 11.8. The summed E-state index contributed by atoms with van der Waals surface area (Å²) >= 11 is 0. The van der Waals surface area contributed by atoms with Crippen LogP contribution in [0.4, 0.5) is 5.69 Å². The lowest BCUT2D eigenvalue weighted by Crippen LogP contribution is -2.33. The lowest BCUT2D eigenvalue weighted by atomic mass is 9.98. The highest BCUT2D eigenvalue weighted by atomic mass is 16.4. The fraction of sp³-hybridized carbons (Fsp3) is 0.500. The van der Waals surface area contributed by atoms with Crippen LogP contribution >= 0.6 is 0 Å². The van der Waals surface area contributed by atoms with Gasteiger partial charge in [-0.1, -0.05) is 37.8 Å². The van der Waals surface area contributed by atoms with Crippen LogP contribution < -0.4 is 4.90 Å². The van der Waals surface area contributed by atoms with Crippen molar-refractivity contribution in [3.8, 4) is 0 Å². The van der Waals surface area contributed by atoms with E-state index in [2.05, 4.69) is 0 Å². The van der Waals surface area contributed by atoms with Crippen LogP contribution in [0.3, 0.4) is 0 Å². The molecule has 1 amide bonds. The van der Waals surface area contributed by atoms with E-state index in [0.717, 1.165) is 25.7 Å². The summed E-state index contributed by atoms with van der Waals surface area (Å²) in [4.78, 5) is 25.3. The highest BCUT2D eigenvalue weighted by Gasteiger charge is 2.25. The quantitative estimate of drug-likeness (QED) is 0.861. The maximum Gasteiger partial charge on any atom is 0.337 e. The van der Waals surface area contributed by atoms with Crippen LogP contribution in [0.25, 0.3) is 0 Å². The number of carbonyl (C=O) groups excluding carboxylic acids is 1. The minimum Gasteiger partial charge on any atom is -0.478 e. The number of carboxylic acid groups (broad SMARTS) is 1. The van der Waals surface area contributed by atoms with E-state index in [1.165, 1.54) is 23.8 Å². The first-order valence-electron chi connectivity index (χ1n) is 7.21. The monoisotopic (exact) mass is 275 g/mol. The molecule has 1 aliphatic rings. The van der Waals surface area contributed by atoms with Gasteiger partial charge < -0.3 is 10.0 Å². The summed E-state index contributed by atoms with van der Waals surface area (Å²) in [7, 11) is 1.68. The molecule has 0 saturated heterocycles. The van der Waals surface area contributed by atoms with Crippen molar-refractivity contribution in [3.05, 3.63) is 29.8 Å². The van der Waals surface area contributed by atoms with Crippen molar-refractivity contribution >= 4 is 17.6 Å². The van der Waals surface area contributed by atoms with Gasteiger partial charge in [0.2, 0.25) is 5.91 Å². The Hall–Kier alpha value is -1.84. The SMILES string of the molecule is CN(C(=O)C1CCCCCC1)c1ccccc1C(=O)O. The third-order valence-electron chi connectivity index (χ3n) is 4.03. The molecule has 4 heteroatoms. The molecule has 108 valence electrons. The molecule has 1 aromatic carbocycles. The van der Waals surface area contributed by atoms with E-state index in [0.29, 0.717) is 5.69 Å². The van der Waals surface area contributed by atoms with Gasteiger partial charge in [-0.3, -0.25) is 4.79 Å². The van der Waals surface area contributed by atoms with Gasteiger partial charge in [-0.2, -0.15) is 0 Å². The Morgan fingerprint density at radius 3 is 2.30 bits per heavy atom. The minimum atomic E-state index is -0.999. The van der Waals surface area contributed by atoms with Crippen LogP contribution in [0.15, 0.2) is 24.3 Å². The van der Waals surface area contributed by atoms with Crippen molar-refractivity contribution in [1.82, 2.24) is 0 Å². The van der Waals surface area contributed by atoms with Crippen molar-refractivity contribution < 1.29 is 14.7 Å². The Balaban J connectivity index is 2.19. The summed E-state index contributed by atoms with van der Waals surface area (Å²) in [6.07, 6.45) is 6.39. The van der Waals surface area contributed by atoms with Gasteiger partial charge in [0.15, 0.2) is 0 Å². The van der Waals surface area contributed by atoms with Gasteiger partial charge in [0, 0.05) is 13.0 Å². The number of amides is 1. The minimum absolute atomic E-state index is 0.0318. The second kappa shape index (κ2) is 6.55. The molecular weight excluding hydrogens is 254 g/mol. The number of benzene rings is 1. The van der Waals surface area contributed by atoms with Crippen molar-refractivity contribution in [2.45, 2.75) is 38.5 Å². The second-order valence-corrected chi connectivity index (χ2v) is 5.41. The van der Waals surface area contributed by atoms with Crippen molar-refractivity contribution in [2.75, 3.05) is 11.9 Å². The molecule has 0 heterocycles. The lowest BCUT2D eigenvalue weighted by Gasteiger charge is -2.24. The first-order chi connectivity index (χ1) is 9.61. The first-order valence-corrected chi connectivity index (χ1v) is 7.21. The number of anilines is 1. The molecule has 0 unspecified atom stereocenters. The molecule has 0 atom stereocenters.